The second-order valence-electron chi connectivity index (χ2n) is 5.58. The minimum atomic E-state index is -0.0795. The lowest BCUT2D eigenvalue weighted by molar-refractivity contribution is -0.122. The number of carbonyl (C=O) groups is 1. The zero-order valence-electron chi connectivity index (χ0n) is 12.2. The molecule has 0 bridgehead atoms. The third kappa shape index (κ3) is 2.92. The third-order valence-electron chi connectivity index (χ3n) is 4.10. The van der Waals surface area contributed by atoms with Gasteiger partial charge >= 0.3 is 0 Å². The van der Waals surface area contributed by atoms with Crippen LogP contribution in [0.2, 0.25) is 0 Å². The predicted octanol–water partition coefficient (Wildman–Crippen LogP) is 3.12. The van der Waals surface area contributed by atoms with E-state index in [1.165, 1.54) is 5.56 Å². The molecule has 2 aromatic carbocycles. The molecule has 1 aliphatic rings. The molecule has 2 unspecified atom stereocenters. The highest BCUT2D eigenvalue weighted by molar-refractivity contribution is 5.88. The second-order valence-corrected chi connectivity index (χ2v) is 5.58. The van der Waals surface area contributed by atoms with Crippen molar-refractivity contribution in [3.8, 4) is 0 Å². The summed E-state index contributed by atoms with van der Waals surface area (Å²) >= 11 is 0. The van der Waals surface area contributed by atoms with Gasteiger partial charge < -0.3 is 10.6 Å². The van der Waals surface area contributed by atoms with Gasteiger partial charge in [0.25, 0.3) is 0 Å². The predicted molar refractivity (Wildman–Crippen MR) is 85.5 cm³/mol. The molecule has 2 aromatic rings. The first-order valence-electron chi connectivity index (χ1n) is 7.41. The second kappa shape index (κ2) is 6.00. The quantitative estimate of drug-likeness (QED) is 0.903. The number of hydrogen-bond donors (Lipinski definition) is 2. The number of anilines is 1. The van der Waals surface area contributed by atoms with Gasteiger partial charge in [-0.25, -0.2) is 0 Å². The molecule has 3 nitrogen and oxygen atoms in total. The number of fused-ring (bicyclic) bond motifs is 1. The van der Waals surface area contributed by atoms with Crippen LogP contribution < -0.4 is 10.6 Å². The lowest BCUT2D eigenvalue weighted by Crippen LogP contribution is -2.33. The van der Waals surface area contributed by atoms with Gasteiger partial charge in [0, 0.05) is 18.8 Å². The molecule has 0 radical (unpaired) electrons. The minimum Gasteiger partial charge on any atom is -0.384 e. The molecule has 1 amide bonds. The molecule has 1 heterocycles. The Labute approximate surface area is 125 Å². The van der Waals surface area contributed by atoms with Crippen LogP contribution in [0.3, 0.4) is 0 Å². The maximum Gasteiger partial charge on any atom is 0.229 e. The fourth-order valence-electron chi connectivity index (χ4n) is 2.79. The fraction of sp³-hybridized carbons (Fsp3) is 0.278. The minimum absolute atomic E-state index is 0.0795. The zero-order chi connectivity index (χ0) is 14.7. The van der Waals surface area contributed by atoms with E-state index in [1.54, 1.807) is 0 Å². The maximum absolute atomic E-state index is 12.4. The molecule has 0 aliphatic carbocycles. The van der Waals surface area contributed by atoms with Gasteiger partial charge in [-0.3, -0.25) is 4.79 Å². The average Bonchev–Trinajstić information content (AvgIpc) is 2.97. The van der Waals surface area contributed by atoms with E-state index in [0.29, 0.717) is 19.0 Å². The van der Waals surface area contributed by atoms with Crippen LogP contribution in [0.25, 0.3) is 0 Å². The standard InChI is InChI=1S/C18H20N2O/c1-13(14-7-3-2-4-8-14)11-20-18(21)16-12-19-17-10-6-5-9-15(16)17/h2-10,13,16,19H,11-12H2,1H3,(H,20,21). The summed E-state index contributed by atoms with van der Waals surface area (Å²) in [7, 11) is 0. The summed E-state index contributed by atoms with van der Waals surface area (Å²) in [6, 6.07) is 18.3. The number of amides is 1. The molecule has 21 heavy (non-hydrogen) atoms. The van der Waals surface area contributed by atoms with Gasteiger partial charge in [0.15, 0.2) is 0 Å². The van der Waals surface area contributed by atoms with Gasteiger partial charge in [-0.05, 0) is 23.1 Å². The molecule has 0 spiro atoms. The van der Waals surface area contributed by atoms with Gasteiger partial charge in [-0.15, -0.1) is 0 Å². The van der Waals surface area contributed by atoms with Crippen LogP contribution in [0.15, 0.2) is 54.6 Å². The first-order chi connectivity index (χ1) is 10.3. The van der Waals surface area contributed by atoms with Gasteiger partial charge in [-0.2, -0.15) is 0 Å². The Bertz CT molecular complexity index is 624. The molecule has 2 N–H and O–H groups in total. The highest BCUT2D eigenvalue weighted by Gasteiger charge is 2.28. The van der Waals surface area contributed by atoms with Crippen molar-refractivity contribution in [1.82, 2.24) is 5.32 Å². The van der Waals surface area contributed by atoms with E-state index in [0.717, 1.165) is 11.3 Å². The molecule has 2 atom stereocenters. The Kier molecular flexibility index (Phi) is 3.91. The van der Waals surface area contributed by atoms with Crippen LogP contribution in [-0.4, -0.2) is 19.0 Å². The van der Waals surface area contributed by atoms with Gasteiger partial charge in [-0.1, -0.05) is 55.5 Å². The summed E-state index contributed by atoms with van der Waals surface area (Å²) in [6.07, 6.45) is 0. The molecule has 3 heteroatoms. The average molecular weight is 280 g/mol. The Morgan fingerprint density at radius 2 is 1.90 bits per heavy atom. The van der Waals surface area contributed by atoms with Crippen LogP contribution >= 0.6 is 0 Å². The van der Waals surface area contributed by atoms with Crippen LogP contribution in [0.5, 0.6) is 0 Å². The molecular formula is C18H20N2O. The first-order valence-corrected chi connectivity index (χ1v) is 7.41. The Morgan fingerprint density at radius 3 is 2.71 bits per heavy atom. The Hall–Kier alpha value is -2.29. The lowest BCUT2D eigenvalue weighted by Gasteiger charge is -2.15. The third-order valence-corrected chi connectivity index (χ3v) is 4.10. The number of para-hydroxylation sites is 1. The van der Waals surface area contributed by atoms with Crippen molar-refractivity contribution in [1.29, 1.82) is 0 Å². The van der Waals surface area contributed by atoms with Gasteiger partial charge in [0.05, 0.1) is 5.92 Å². The van der Waals surface area contributed by atoms with Crippen molar-refractivity contribution in [2.75, 3.05) is 18.4 Å². The number of rotatable bonds is 4. The fourth-order valence-corrected chi connectivity index (χ4v) is 2.79. The van der Waals surface area contributed by atoms with Gasteiger partial charge in [0.1, 0.15) is 0 Å². The topological polar surface area (TPSA) is 41.1 Å². The summed E-state index contributed by atoms with van der Waals surface area (Å²) in [5, 5.41) is 6.37. The van der Waals surface area contributed by atoms with Crippen LogP contribution in [0.1, 0.15) is 29.9 Å². The summed E-state index contributed by atoms with van der Waals surface area (Å²) in [6.45, 7) is 3.49. The van der Waals surface area contributed by atoms with Crippen molar-refractivity contribution in [2.24, 2.45) is 0 Å². The number of hydrogen-bond acceptors (Lipinski definition) is 2. The monoisotopic (exact) mass is 280 g/mol. The zero-order valence-corrected chi connectivity index (χ0v) is 12.2. The van der Waals surface area contributed by atoms with Crippen molar-refractivity contribution in [3.05, 3.63) is 65.7 Å². The van der Waals surface area contributed by atoms with E-state index >= 15 is 0 Å². The first kappa shape index (κ1) is 13.7. The van der Waals surface area contributed by atoms with E-state index in [4.69, 9.17) is 0 Å². The highest BCUT2D eigenvalue weighted by Crippen LogP contribution is 2.31. The maximum atomic E-state index is 12.4. The van der Waals surface area contributed by atoms with Crippen molar-refractivity contribution >= 4 is 11.6 Å². The molecule has 3 rings (SSSR count). The molecule has 0 aromatic heterocycles. The Balaban J connectivity index is 1.61. The van der Waals surface area contributed by atoms with Crippen LogP contribution in [0.4, 0.5) is 5.69 Å². The van der Waals surface area contributed by atoms with E-state index in [2.05, 4.69) is 29.7 Å². The van der Waals surface area contributed by atoms with Crippen molar-refractivity contribution < 1.29 is 4.79 Å². The molecule has 0 saturated carbocycles. The molecular weight excluding hydrogens is 260 g/mol. The SMILES string of the molecule is CC(CNC(=O)C1CNc2ccccc21)c1ccccc1. The van der Waals surface area contributed by atoms with Crippen LogP contribution in [-0.2, 0) is 4.79 Å². The summed E-state index contributed by atoms with van der Waals surface area (Å²) < 4.78 is 0. The highest BCUT2D eigenvalue weighted by atomic mass is 16.1. The summed E-state index contributed by atoms with van der Waals surface area (Å²) in [5.41, 5.74) is 3.43. The largest absolute Gasteiger partial charge is 0.384 e. The number of benzene rings is 2. The molecule has 1 aliphatic heterocycles. The van der Waals surface area contributed by atoms with Crippen molar-refractivity contribution in [3.63, 3.8) is 0 Å². The lowest BCUT2D eigenvalue weighted by atomic mass is 9.98. The van der Waals surface area contributed by atoms with Gasteiger partial charge in [0.2, 0.25) is 5.91 Å². The van der Waals surface area contributed by atoms with Crippen molar-refractivity contribution in [2.45, 2.75) is 18.8 Å². The molecule has 0 fully saturated rings. The molecule has 108 valence electrons. The van der Waals surface area contributed by atoms with E-state index in [9.17, 15) is 4.79 Å². The smallest absolute Gasteiger partial charge is 0.229 e. The number of nitrogens with one attached hydrogen (secondary N) is 2. The van der Waals surface area contributed by atoms with E-state index < -0.39 is 0 Å². The summed E-state index contributed by atoms with van der Waals surface area (Å²) in [4.78, 5) is 12.4. The summed E-state index contributed by atoms with van der Waals surface area (Å²) in [5.74, 6) is 0.346. The number of carbonyl (C=O) groups excluding carboxylic acids is 1. The Morgan fingerprint density at radius 1 is 1.19 bits per heavy atom. The van der Waals surface area contributed by atoms with E-state index in [-0.39, 0.29) is 11.8 Å². The normalized spacial score (nSPS) is 17.7. The van der Waals surface area contributed by atoms with E-state index in [1.807, 2.05) is 42.5 Å². The molecule has 0 saturated heterocycles. The van der Waals surface area contributed by atoms with Crippen LogP contribution in [0, 0.1) is 0 Å².